The molecule has 3 aromatic rings. The molecule has 2 aromatic carbocycles. The van der Waals surface area contributed by atoms with Crippen LogP contribution >= 0.6 is 0 Å². The summed E-state index contributed by atoms with van der Waals surface area (Å²) in [5, 5.41) is 20.4. The van der Waals surface area contributed by atoms with E-state index in [1.165, 1.54) is 0 Å². The number of H-pyrrole nitrogens is 1. The van der Waals surface area contributed by atoms with Crippen LogP contribution in [0, 0.1) is 11.8 Å². The zero-order valence-electron chi connectivity index (χ0n) is 28.0. The fourth-order valence-electron chi connectivity index (χ4n) is 6.16. The molecule has 250 valence electrons. The molecule has 2 heterocycles. The Balaban J connectivity index is 1.44. The Hall–Kier alpha value is -3.76. The van der Waals surface area contributed by atoms with Gasteiger partial charge in [0.15, 0.2) is 0 Å². The molecule has 1 aliphatic heterocycles. The minimum Gasteiger partial charge on any atom is -0.392 e. The fourth-order valence-corrected chi connectivity index (χ4v) is 6.16. The topological polar surface area (TPSA) is 139 Å². The van der Waals surface area contributed by atoms with E-state index in [0.29, 0.717) is 25.2 Å². The number of nitrogens with zero attached hydrogens (tertiary/aromatic N) is 2. The number of likely N-dealkylation sites (tertiary alicyclic amines) is 1. The maximum atomic E-state index is 13.9. The lowest BCUT2D eigenvalue weighted by Gasteiger charge is -2.37. The summed E-state index contributed by atoms with van der Waals surface area (Å²) in [6.07, 6.45) is 3.16. The summed E-state index contributed by atoms with van der Waals surface area (Å²) >= 11 is 0. The highest BCUT2D eigenvalue weighted by molar-refractivity contribution is 5.89. The van der Waals surface area contributed by atoms with Crippen molar-refractivity contribution in [3.8, 4) is 0 Å². The lowest BCUT2D eigenvalue weighted by Crippen LogP contribution is -2.55. The van der Waals surface area contributed by atoms with Crippen LogP contribution in [0.2, 0.25) is 0 Å². The maximum absolute atomic E-state index is 13.9. The fraction of sp³-hybridized carbons (Fsp3) is 0.556. The second-order valence-corrected chi connectivity index (χ2v) is 13.8. The predicted molar refractivity (Wildman–Crippen MR) is 181 cm³/mol. The van der Waals surface area contributed by atoms with E-state index >= 15 is 0 Å². The maximum Gasteiger partial charge on any atom is 0.243 e. The smallest absolute Gasteiger partial charge is 0.243 e. The van der Waals surface area contributed by atoms with E-state index < -0.39 is 18.1 Å². The standard InChI is InChI=1S/C36H52N6O4/c1-6-24(2)32(35(46)37-22-31-38-28-16-10-11-17-29(28)39-31)40-33(44)26(20-25-14-8-7-9-15-25)21-27(43)23-42-19-13-12-18-30(42)34(45)41-36(3,4)5/h7-11,14-17,24,26-27,30,32,43H,6,12-13,18-23H2,1-5H3,(H,37,46)(H,38,39)(H,40,44)(H,41,45)/t24-,26-,27?,30-,32-/m0/s1. The van der Waals surface area contributed by atoms with Crippen LogP contribution in [0.25, 0.3) is 11.0 Å². The Labute approximate surface area is 273 Å². The average molecular weight is 633 g/mol. The number of rotatable bonds is 14. The highest BCUT2D eigenvalue weighted by Crippen LogP contribution is 2.22. The molecule has 3 amide bonds. The quantitative estimate of drug-likeness (QED) is 0.182. The molecule has 0 aliphatic carbocycles. The number of aromatic nitrogens is 2. The first-order valence-corrected chi connectivity index (χ1v) is 16.7. The summed E-state index contributed by atoms with van der Waals surface area (Å²) < 4.78 is 0. The van der Waals surface area contributed by atoms with Crippen molar-refractivity contribution in [2.24, 2.45) is 11.8 Å². The number of benzene rings is 2. The number of piperidine rings is 1. The van der Waals surface area contributed by atoms with Gasteiger partial charge in [-0.25, -0.2) is 4.98 Å². The van der Waals surface area contributed by atoms with Crippen LogP contribution in [-0.2, 0) is 27.3 Å². The molecule has 10 nitrogen and oxygen atoms in total. The van der Waals surface area contributed by atoms with Crippen LogP contribution in [0.15, 0.2) is 54.6 Å². The first-order valence-electron chi connectivity index (χ1n) is 16.7. The molecule has 4 rings (SSSR count). The number of hydrogen-bond acceptors (Lipinski definition) is 6. The number of hydrogen-bond donors (Lipinski definition) is 5. The molecule has 1 aliphatic rings. The normalized spacial score (nSPS) is 18.3. The minimum atomic E-state index is -0.827. The first-order chi connectivity index (χ1) is 21.9. The molecular formula is C36H52N6O4. The average Bonchev–Trinajstić information content (AvgIpc) is 3.45. The molecule has 1 aromatic heterocycles. The van der Waals surface area contributed by atoms with Crippen molar-refractivity contribution in [2.45, 2.75) is 103 Å². The summed E-state index contributed by atoms with van der Waals surface area (Å²) in [5.41, 5.74) is 2.35. The van der Waals surface area contributed by atoms with E-state index in [2.05, 4.69) is 30.8 Å². The molecule has 5 atom stereocenters. The molecule has 10 heteroatoms. The SMILES string of the molecule is CC[C@H](C)[C@H](NC(=O)[C@@H](Cc1ccccc1)CC(O)CN1CCCC[C@H]1C(=O)NC(C)(C)C)C(=O)NCc1nc2ccccc2[nH]1. The van der Waals surface area contributed by atoms with Crippen molar-refractivity contribution in [3.05, 3.63) is 66.0 Å². The molecule has 0 saturated carbocycles. The number of amides is 3. The number of nitrogens with one attached hydrogen (secondary N) is 4. The number of β-amino-alcohol motifs (C(OH)–C–C–N with tert-alkyl or cyclic N) is 1. The second kappa shape index (κ2) is 16.2. The van der Waals surface area contributed by atoms with Gasteiger partial charge in [-0.3, -0.25) is 19.3 Å². The number of aromatic amines is 1. The highest BCUT2D eigenvalue weighted by Gasteiger charge is 2.34. The first kappa shape index (κ1) is 35.1. The van der Waals surface area contributed by atoms with E-state index in [1.54, 1.807) is 0 Å². The van der Waals surface area contributed by atoms with Crippen LogP contribution in [0.5, 0.6) is 0 Å². The molecule has 0 spiro atoms. The van der Waals surface area contributed by atoms with Crippen LogP contribution in [0.4, 0.5) is 0 Å². The van der Waals surface area contributed by atoms with Crippen molar-refractivity contribution in [1.82, 2.24) is 30.8 Å². The van der Waals surface area contributed by atoms with Crippen molar-refractivity contribution < 1.29 is 19.5 Å². The third kappa shape index (κ3) is 10.1. The Morgan fingerprint density at radius 3 is 2.46 bits per heavy atom. The Bertz CT molecular complexity index is 1400. The van der Waals surface area contributed by atoms with Gasteiger partial charge in [0.1, 0.15) is 11.9 Å². The molecule has 46 heavy (non-hydrogen) atoms. The van der Waals surface area contributed by atoms with E-state index in [-0.39, 0.29) is 48.2 Å². The Kier molecular flexibility index (Phi) is 12.3. The number of fused-ring (bicyclic) bond motifs is 1. The third-order valence-corrected chi connectivity index (χ3v) is 8.77. The molecular weight excluding hydrogens is 580 g/mol. The van der Waals surface area contributed by atoms with Gasteiger partial charge in [0.2, 0.25) is 17.7 Å². The van der Waals surface area contributed by atoms with E-state index in [0.717, 1.165) is 42.4 Å². The minimum absolute atomic E-state index is 0.0250. The van der Waals surface area contributed by atoms with Crippen LogP contribution in [-0.4, -0.2) is 74.5 Å². The van der Waals surface area contributed by atoms with Crippen LogP contribution in [0.1, 0.15) is 78.1 Å². The summed E-state index contributed by atoms with van der Waals surface area (Å²) in [4.78, 5) is 50.3. The van der Waals surface area contributed by atoms with E-state index in [4.69, 9.17) is 0 Å². The summed E-state index contributed by atoms with van der Waals surface area (Å²) in [6.45, 7) is 11.1. The lowest BCUT2D eigenvalue weighted by molar-refractivity contribution is -0.133. The zero-order valence-corrected chi connectivity index (χ0v) is 28.0. The molecule has 0 radical (unpaired) electrons. The predicted octanol–water partition coefficient (Wildman–Crippen LogP) is 4.09. The largest absolute Gasteiger partial charge is 0.392 e. The van der Waals surface area contributed by atoms with Gasteiger partial charge in [-0.1, -0.05) is 69.2 Å². The van der Waals surface area contributed by atoms with Crippen LogP contribution < -0.4 is 16.0 Å². The van der Waals surface area contributed by atoms with Gasteiger partial charge in [-0.15, -0.1) is 0 Å². The lowest BCUT2D eigenvalue weighted by atomic mass is 9.90. The van der Waals surface area contributed by atoms with Crippen molar-refractivity contribution in [3.63, 3.8) is 0 Å². The molecule has 1 unspecified atom stereocenters. The zero-order chi connectivity index (χ0) is 33.3. The number of imidazole rings is 1. The van der Waals surface area contributed by atoms with Gasteiger partial charge in [-0.2, -0.15) is 0 Å². The van der Waals surface area contributed by atoms with Gasteiger partial charge in [-0.05, 0) is 76.6 Å². The number of carbonyl (C=O) groups is 3. The summed E-state index contributed by atoms with van der Waals surface area (Å²) in [7, 11) is 0. The van der Waals surface area contributed by atoms with Gasteiger partial charge in [0.25, 0.3) is 0 Å². The summed E-state index contributed by atoms with van der Waals surface area (Å²) in [5.74, 6) is -0.615. The number of aliphatic hydroxyl groups is 1. The number of carbonyl (C=O) groups excluding carboxylic acids is 3. The van der Waals surface area contributed by atoms with Gasteiger partial charge in [0.05, 0.1) is 29.7 Å². The third-order valence-electron chi connectivity index (χ3n) is 8.77. The van der Waals surface area contributed by atoms with Gasteiger partial charge >= 0.3 is 0 Å². The van der Waals surface area contributed by atoms with Crippen molar-refractivity contribution in [2.75, 3.05) is 13.1 Å². The van der Waals surface area contributed by atoms with E-state index in [1.807, 2.05) is 89.2 Å². The highest BCUT2D eigenvalue weighted by atomic mass is 16.3. The van der Waals surface area contributed by atoms with Crippen molar-refractivity contribution >= 4 is 28.8 Å². The summed E-state index contributed by atoms with van der Waals surface area (Å²) in [6, 6.07) is 16.4. The molecule has 1 saturated heterocycles. The van der Waals surface area contributed by atoms with Gasteiger partial charge < -0.3 is 26.0 Å². The molecule has 5 N–H and O–H groups in total. The van der Waals surface area contributed by atoms with Crippen molar-refractivity contribution in [1.29, 1.82) is 0 Å². The number of aliphatic hydroxyl groups excluding tert-OH is 1. The van der Waals surface area contributed by atoms with Gasteiger partial charge in [0, 0.05) is 18.0 Å². The van der Waals surface area contributed by atoms with Crippen LogP contribution in [0.3, 0.4) is 0 Å². The second-order valence-electron chi connectivity index (χ2n) is 13.8. The molecule has 0 bridgehead atoms. The molecule has 1 fully saturated rings. The Morgan fingerprint density at radius 2 is 1.76 bits per heavy atom. The Morgan fingerprint density at radius 1 is 1.04 bits per heavy atom. The number of para-hydroxylation sites is 2. The van der Waals surface area contributed by atoms with E-state index in [9.17, 15) is 19.5 Å². The monoisotopic (exact) mass is 632 g/mol.